The quantitative estimate of drug-likeness (QED) is 0.406. The number of carbonyl (C=O) groups excluding carboxylic acids is 1. The van der Waals surface area contributed by atoms with Gasteiger partial charge in [-0.2, -0.15) is 13.2 Å². The number of halogens is 3. The SMILES string of the molecule is CN(C(=O)C#Cc1ccc(C(F)(F)F)cc1)[C@@H]1CC[C@@]2(O)[C@H]3Cc4ccc(O)cc4[C@@]2(CCN3CCc2ccccc2)C1. The minimum absolute atomic E-state index is 0.0802. The predicted octanol–water partition coefficient (Wildman–Crippen LogP) is 5.32. The van der Waals surface area contributed by atoms with Crippen molar-refractivity contribution >= 4 is 5.91 Å². The van der Waals surface area contributed by atoms with E-state index in [1.165, 1.54) is 17.7 Å². The first kappa shape index (κ1) is 29.3. The Labute approximate surface area is 249 Å². The Morgan fingerprint density at radius 3 is 2.53 bits per heavy atom. The third-order valence-corrected chi connectivity index (χ3v) is 10.0. The summed E-state index contributed by atoms with van der Waals surface area (Å²) >= 11 is 0. The van der Waals surface area contributed by atoms with Crippen LogP contribution in [0.2, 0.25) is 0 Å². The highest BCUT2D eigenvalue weighted by Gasteiger charge is 2.65. The number of phenols is 1. The van der Waals surface area contributed by atoms with E-state index < -0.39 is 28.7 Å². The average Bonchev–Trinajstić information content (AvgIpc) is 2.99. The van der Waals surface area contributed by atoms with E-state index in [9.17, 15) is 28.2 Å². The van der Waals surface area contributed by atoms with Crippen molar-refractivity contribution in [3.8, 4) is 17.6 Å². The van der Waals surface area contributed by atoms with Crippen molar-refractivity contribution in [1.29, 1.82) is 0 Å². The van der Waals surface area contributed by atoms with Crippen molar-refractivity contribution in [3.05, 3.63) is 101 Å². The number of nitrogens with zero attached hydrogens (tertiary/aromatic N) is 2. The lowest BCUT2D eigenvalue weighted by Crippen LogP contribution is -2.74. The van der Waals surface area contributed by atoms with Crippen LogP contribution in [0.25, 0.3) is 0 Å². The molecule has 1 aliphatic heterocycles. The number of benzene rings is 3. The van der Waals surface area contributed by atoms with Crippen LogP contribution >= 0.6 is 0 Å². The van der Waals surface area contributed by atoms with Gasteiger partial charge in [0.1, 0.15) is 5.75 Å². The second kappa shape index (κ2) is 11.0. The van der Waals surface area contributed by atoms with Gasteiger partial charge in [-0.05, 0) is 98.2 Å². The van der Waals surface area contributed by atoms with Crippen molar-refractivity contribution in [1.82, 2.24) is 9.80 Å². The molecule has 224 valence electrons. The monoisotopic (exact) mass is 588 g/mol. The molecular weight excluding hydrogens is 553 g/mol. The maximum atomic E-state index is 13.2. The molecule has 3 aromatic rings. The first-order valence-corrected chi connectivity index (χ1v) is 14.8. The molecule has 2 N–H and O–H groups in total. The summed E-state index contributed by atoms with van der Waals surface area (Å²) in [6.45, 7) is 1.63. The number of phenolic OH excluding ortho intramolecular Hbond substituents is 1. The van der Waals surface area contributed by atoms with Crippen LogP contribution < -0.4 is 0 Å². The van der Waals surface area contributed by atoms with Gasteiger partial charge < -0.3 is 15.1 Å². The minimum atomic E-state index is -4.43. The maximum Gasteiger partial charge on any atom is 0.416 e. The van der Waals surface area contributed by atoms with Gasteiger partial charge >= 0.3 is 6.18 Å². The molecule has 1 saturated heterocycles. The van der Waals surface area contributed by atoms with Gasteiger partial charge in [0.05, 0.1) is 11.2 Å². The van der Waals surface area contributed by atoms with Crippen molar-refractivity contribution in [2.24, 2.45) is 0 Å². The van der Waals surface area contributed by atoms with Crippen LogP contribution in [0.15, 0.2) is 72.8 Å². The second-order valence-corrected chi connectivity index (χ2v) is 12.2. The second-order valence-electron chi connectivity index (χ2n) is 12.2. The molecule has 1 heterocycles. The molecule has 1 amide bonds. The Morgan fingerprint density at radius 2 is 1.81 bits per heavy atom. The zero-order chi connectivity index (χ0) is 30.4. The number of fused-ring (bicyclic) bond motifs is 1. The van der Waals surface area contributed by atoms with E-state index in [4.69, 9.17) is 0 Å². The molecule has 8 heteroatoms. The standard InChI is InChI=1S/C35H35F3N2O3/c1-39(32(42)14-9-25-7-11-27(12-8-25)35(36,37)38)28-15-17-34(43)31-21-26-10-13-29(41)22-30(26)33(34,23-28)18-20-40(31)19-16-24-5-3-2-4-6-24/h2-8,10-13,22,28,31,41,43H,15-21,23H2,1H3/t28-,31-,33-,34-/m1/s1. The van der Waals surface area contributed by atoms with Crippen LogP contribution in [0.4, 0.5) is 13.2 Å². The molecule has 0 unspecified atom stereocenters. The van der Waals surface area contributed by atoms with E-state index in [0.717, 1.165) is 42.8 Å². The van der Waals surface area contributed by atoms with Gasteiger partial charge in [0, 0.05) is 42.6 Å². The lowest BCUT2D eigenvalue weighted by molar-refractivity contribution is -0.176. The molecule has 0 radical (unpaired) electrons. The summed E-state index contributed by atoms with van der Waals surface area (Å²) in [7, 11) is 1.70. The Kier molecular flexibility index (Phi) is 7.52. The molecule has 6 rings (SSSR count). The number of rotatable bonds is 4. The topological polar surface area (TPSA) is 64.0 Å². The summed E-state index contributed by atoms with van der Waals surface area (Å²) in [5.74, 6) is 5.05. The number of hydrogen-bond acceptors (Lipinski definition) is 4. The van der Waals surface area contributed by atoms with E-state index in [1.807, 2.05) is 24.3 Å². The van der Waals surface area contributed by atoms with E-state index in [1.54, 1.807) is 24.1 Å². The third kappa shape index (κ3) is 5.30. The Hall–Kier alpha value is -3.80. The molecule has 2 fully saturated rings. The molecule has 43 heavy (non-hydrogen) atoms. The number of carbonyl (C=O) groups is 1. The fourth-order valence-electron chi connectivity index (χ4n) is 7.71. The number of aromatic hydroxyl groups is 1. The van der Waals surface area contributed by atoms with Gasteiger partial charge in [0.15, 0.2) is 0 Å². The van der Waals surface area contributed by atoms with E-state index >= 15 is 0 Å². The number of alkyl halides is 3. The molecule has 3 aromatic carbocycles. The largest absolute Gasteiger partial charge is 0.508 e. The summed E-state index contributed by atoms with van der Waals surface area (Å²) in [5.41, 5.74) is 1.26. The fraction of sp³-hybridized carbons (Fsp3) is 0.400. The molecule has 2 bridgehead atoms. The van der Waals surface area contributed by atoms with Crippen molar-refractivity contribution in [3.63, 3.8) is 0 Å². The first-order valence-electron chi connectivity index (χ1n) is 14.8. The zero-order valence-electron chi connectivity index (χ0n) is 24.1. The summed E-state index contributed by atoms with van der Waals surface area (Å²) < 4.78 is 38.7. The van der Waals surface area contributed by atoms with E-state index in [2.05, 4.69) is 28.9 Å². The van der Waals surface area contributed by atoms with Crippen LogP contribution in [0.5, 0.6) is 5.75 Å². The molecule has 4 atom stereocenters. The summed E-state index contributed by atoms with van der Waals surface area (Å²) in [5, 5.41) is 23.1. The van der Waals surface area contributed by atoms with Crippen LogP contribution in [-0.2, 0) is 29.2 Å². The molecular formula is C35H35F3N2O3. The van der Waals surface area contributed by atoms with Crippen LogP contribution in [0.3, 0.4) is 0 Å². The van der Waals surface area contributed by atoms with E-state index in [-0.39, 0.29) is 17.8 Å². The summed E-state index contributed by atoms with van der Waals surface area (Å²) in [6.07, 6.45) is -0.520. The number of aliphatic hydroxyl groups is 1. The van der Waals surface area contributed by atoms with Gasteiger partial charge in [0.2, 0.25) is 0 Å². The molecule has 2 aliphatic carbocycles. The highest BCUT2D eigenvalue weighted by molar-refractivity contribution is 5.94. The lowest BCUT2D eigenvalue weighted by atomic mass is 9.48. The normalized spacial score (nSPS) is 26.4. The molecule has 0 spiro atoms. The first-order chi connectivity index (χ1) is 20.5. The van der Waals surface area contributed by atoms with Gasteiger partial charge in [-0.3, -0.25) is 9.69 Å². The molecule has 3 aliphatic rings. The summed E-state index contributed by atoms with van der Waals surface area (Å²) in [6, 6.07) is 20.0. The molecule has 5 nitrogen and oxygen atoms in total. The number of piperidine rings is 1. The number of likely N-dealkylation sites (tertiary alicyclic amines) is 1. The third-order valence-electron chi connectivity index (χ3n) is 10.0. The predicted molar refractivity (Wildman–Crippen MR) is 157 cm³/mol. The minimum Gasteiger partial charge on any atom is -0.508 e. The number of amides is 1. The summed E-state index contributed by atoms with van der Waals surface area (Å²) in [4.78, 5) is 17.2. The van der Waals surface area contributed by atoms with Gasteiger partial charge in [-0.1, -0.05) is 42.3 Å². The van der Waals surface area contributed by atoms with Crippen molar-refractivity contribution in [2.75, 3.05) is 20.1 Å². The Morgan fingerprint density at radius 1 is 1.07 bits per heavy atom. The van der Waals surface area contributed by atoms with Gasteiger partial charge in [-0.25, -0.2) is 0 Å². The van der Waals surface area contributed by atoms with Crippen molar-refractivity contribution in [2.45, 2.75) is 67.8 Å². The van der Waals surface area contributed by atoms with Crippen molar-refractivity contribution < 1.29 is 28.2 Å². The maximum absolute atomic E-state index is 13.2. The molecule has 0 aromatic heterocycles. The Balaban J connectivity index is 1.24. The van der Waals surface area contributed by atoms with Crippen LogP contribution in [-0.4, -0.2) is 63.7 Å². The average molecular weight is 589 g/mol. The van der Waals surface area contributed by atoms with Crippen LogP contribution in [0.1, 0.15) is 53.5 Å². The fourth-order valence-corrected chi connectivity index (χ4v) is 7.71. The van der Waals surface area contributed by atoms with Gasteiger partial charge in [0.25, 0.3) is 5.91 Å². The zero-order valence-corrected chi connectivity index (χ0v) is 24.1. The van der Waals surface area contributed by atoms with Crippen LogP contribution in [0, 0.1) is 11.8 Å². The highest BCUT2D eigenvalue weighted by Crippen LogP contribution is 2.59. The van der Waals surface area contributed by atoms with E-state index in [0.29, 0.717) is 37.7 Å². The highest BCUT2D eigenvalue weighted by atomic mass is 19.4. The Bertz CT molecular complexity index is 1560. The smallest absolute Gasteiger partial charge is 0.416 e. The molecule has 1 saturated carbocycles. The number of hydrogen-bond donors (Lipinski definition) is 2. The lowest BCUT2D eigenvalue weighted by Gasteiger charge is -2.65. The van der Waals surface area contributed by atoms with Gasteiger partial charge in [-0.15, -0.1) is 0 Å².